The number of H-pyrrole nitrogens is 1. The number of amides is 1. The minimum Gasteiger partial charge on any atom is -0.508 e. The number of carbonyl (C=O) groups is 3. The SMILES string of the molecule is CCCOC(=O)c1ccc(N2C(=O)C(=O)/C(=C(\O)c3c[nH]c4ccccc34)C2c2ccc(O)cc2)cc1. The second-order valence-corrected chi connectivity index (χ2v) is 8.69. The number of rotatable bonds is 6. The number of phenolic OH excluding ortho intramolecular Hbond substituents is 1. The fourth-order valence-corrected chi connectivity index (χ4v) is 4.52. The summed E-state index contributed by atoms with van der Waals surface area (Å²) in [5.41, 5.74) is 2.28. The molecule has 1 fully saturated rings. The first-order valence-corrected chi connectivity index (χ1v) is 11.8. The van der Waals surface area contributed by atoms with Gasteiger partial charge in [-0.15, -0.1) is 0 Å². The van der Waals surface area contributed by atoms with E-state index < -0.39 is 23.7 Å². The van der Waals surface area contributed by atoms with Crippen molar-refractivity contribution in [2.24, 2.45) is 0 Å². The Morgan fingerprint density at radius 1 is 1.00 bits per heavy atom. The van der Waals surface area contributed by atoms with Gasteiger partial charge in [-0.3, -0.25) is 14.5 Å². The largest absolute Gasteiger partial charge is 0.508 e. The van der Waals surface area contributed by atoms with Gasteiger partial charge in [0.05, 0.1) is 23.8 Å². The number of phenols is 1. The Labute approximate surface area is 212 Å². The number of nitrogens with zero attached hydrogens (tertiary/aromatic N) is 1. The van der Waals surface area contributed by atoms with E-state index in [0.29, 0.717) is 40.8 Å². The molecular weight excluding hydrogens is 472 g/mol. The first-order valence-electron chi connectivity index (χ1n) is 11.8. The van der Waals surface area contributed by atoms with Gasteiger partial charge in [0.1, 0.15) is 11.5 Å². The molecule has 4 aromatic rings. The summed E-state index contributed by atoms with van der Waals surface area (Å²) in [6.45, 7) is 2.19. The van der Waals surface area contributed by atoms with E-state index >= 15 is 0 Å². The number of carbonyl (C=O) groups excluding carboxylic acids is 3. The normalized spacial score (nSPS) is 16.9. The summed E-state index contributed by atoms with van der Waals surface area (Å²) in [6, 6.07) is 18.6. The Bertz CT molecular complexity index is 1530. The maximum Gasteiger partial charge on any atom is 0.338 e. The number of esters is 1. The first kappa shape index (κ1) is 23.9. The van der Waals surface area contributed by atoms with Crippen molar-refractivity contribution < 1.29 is 29.3 Å². The van der Waals surface area contributed by atoms with Gasteiger partial charge in [0.25, 0.3) is 11.7 Å². The summed E-state index contributed by atoms with van der Waals surface area (Å²) in [5.74, 6) is -2.43. The number of ketones is 1. The number of aromatic nitrogens is 1. The van der Waals surface area contributed by atoms with E-state index in [1.165, 1.54) is 29.2 Å². The summed E-state index contributed by atoms with van der Waals surface area (Å²) < 4.78 is 5.17. The third kappa shape index (κ3) is 4.23. The summed E-state index contributed by atoms with van der Waals surface area (Å²) in [6.07, 6.45) is 2.29. The molecular formula is C29H24N2O6. The van der Waals surface area contributed by atoms with Crippen LogP contribution in [0.15, 0.2) is 84.6 Å². The minimum absolute atomic E-state index is 0.0206. The lowest BCUT2D eigenvalue weighted by molar-refractivity contribution is -0.132. The maximum absolute atomic E-state index is 13.4. The van der Waals surface area contributed by atoms with Crippen LogP contribution in [0.3, 0.4) is 0 Å². The number of ether oxygens (including phenoxy) is 1. The molecule has 0 aliphatic carbocycles. The van der Waals surface area contributed by atoms with Crippen molar-refractivity contribution in [2.45, 2.75) is 19.4 Å². The van der Waals surface area contributed by atoms with Crippen molar-refractivity contribution in [2.75, 3.05) is 11.5 Å². The lowest BCUT2D eigenvalue weighted by atomic mass is 9.95. The van der Waals surface area contributed by atoms with Crippen molar-refractivity contribution in [1.82, 2.24) is 4.98 Å². The molecule has 1 saturated heterocycles. The number of aliphatic hydroxyl groups excluding tert-OH is 1. The van der Waals surface area contributed by atoms with Crippen molar-refractivity contribution in [1.29, 1.82) is 0 Å². The standard InChI is InChI=1S/C29H24N2O6/c1-2-15-37-29(36)18-7-11-19(12-8-18)31-25(17-9-13-20(32)14-10-17)24(27(34)28(31)35)26(33)22-16-30-23-6-4-3-5-21(22)23/h3-14,16,25,30,32-33H,2,15H2,1H3/b26-24-. The number of nitrogens with one attached hydrogen (secondary N) is 1. The maximum atomic E-state index is 13.4. The lowest BCUT2D eigenvalue weighted by Gasteiger charge is -2.25. The Balaban J connectivity index is 1.64. The second-order valence-electron chi connectivity index (χ2n) is 8.69. The number of anilines is 1. The molecule has 2 heterocycles. The molecule has 8 nitrogen and oxygen atoms in total. The van der Waals surface area contributed by atoms with Gasteiger partial charge in [0.2, 0.25) is 0 Å². The summed E-state index contributed by atoms with van der Waals surface area (Å²) >= 11 is 0. The molecule has 0 bridgehead atoms. The van der Waals surface area contributed by atoms with E-state index in [2.05, 4.69) is 4.98 Å². The molecule has 0 saturated carbocycles. The van der Waals surface area contributed by atoms with E-state index in [1.807, 2.05) is 31.2 Å². The Kier molecular flexibility index (Phi) is 6.23. The highest BCUT2D eigenvalue weighted by Crippen LogP contribution is 2.43. The summed E-state index contributed by atoms with van der Waals surface area (Å²) in [5, 5.41) is 21.9. The number of benzene rings is 3. The van der Waals surface area contributed by atoms with Crippen molar-refractivity contribution in [3.05, 3.63) is 101 Å². The van der Waals surface area contributed by atoms with Gasteiger partial charge in [-0.1, -0.05) is 37.3 Å². The summed E-state index contributed by atoms with van der Waals surface area (Å²) in [4.78, 5) is 43.3. The Morgan fingerprint density at radius 3 is 2.41 bits per heavy atom. The van der Waals surface area contributed by atoms with Gasteiger partial charge in [-0.05, 0) is 54.4 Å². The quantitative estimate of drug-likeness (QED) is 0.148. The molecule has 186 valence electrons. The number of hydrogen-bond donors (Lipinski definition) is 3. The third-order valence-corrected chi connectivity index (χ3v) is 6.32. The number of fused-ring (bicyclic) bond motifs is 1. The minimum atomic E-state index is -0.966. The van der Waals surface area contributed by atoms with Crippen LogP contribution in [0.1, 0.15) is 40.9 Å². The van der Waals surface area contributed by atoms with E-state index in [4.69, 9.17) is 4.74 Å². The lowest BCUT2D eigenvalue weighted by Crippen LogP contribution is -2.29. The van der Waals surface area contributed by atoms with E-state index in [0.717, 1.165) is 5.52 Å². The Morgan fingerprint density at radius 2 is 1.70 bits per heavy atom. The van der Waals surface area contributed by atoms with Crippen LogP contribution in [0.5, 0.6) is 5.75 Å². The smallest absolute Gasteiger partial charge is 0.338 e. The van der Waals surface area contributed by atoms with E-state index in [-0.39, 0.29) is 17.1 Å². The van der Waals surface area contributed by atoms with Crippen LogP contribution in [0, 0.1) is 0 Å². The molecule has 1 aromatic heterocycles. The van der Waals surface area contributed by atoms with Gasteiger partial charge in [-0.25, -0.2) is 4.79 Å². The molecule has 37 heavy (non-hydrogen) atoms. The number of aromatic amines is 1. The molecule has 0 radical (unpaired) electrons. The zero-order chi connectivity index (χ0) is 26.1. The average molecular weight is 497 g/mol. The summed E-state index contributed by atoms with van der Waals surface area (Å²) in [7, 11) is 0. The predicted molar refractivity (Wildman–Crippen MR) is 138 cm³/mol. The molecule has 8 heteroatoms. The van der Waals surface area contributed by atoms with Gasteiger partial charge >= 0.3 is 5.97 Å². The van der Waals surface area contributed by atoms with Crippen LogP contribution in [-0.4, -0.2) is 39.5 Å². The van der Waals surface area contributed by atoms with Crippen molar-refractivity contribution in [3.63, 3.8) is 0 Å². The van der Waals surface area contributed by atoms with Crippen LogP contribution in [0.25, 0.3) is 16.7 Å². The predicted octanol–water partition coefficient (Wildman–Crippen LogP) is 5.07. The van der Waals surface area contributed by atoms with Crippen LogP contribution in [0.4, 0.5) is 5.69 Å². The van der Waals surface area contributed by atoms with Gasteiger partial charge < -0.3 is 19.9 Å². The molecule has 3 aromatic carbocycles. The number of aromatic hydroxyl groups is 1. The van der Waals surface area contributed by atoms with Crippen molar-refractivity contribution >= 4 is 40.0 Å². The zero-order valence-corrected chi connectivity index (χ0v) is 20.0. The molecule has 1 aliphatic heterocycles. The number of aliphatic hydroxyl groups is 1. The number of para-hydroxylation sites is 1. The zero-order valence-electron chi connectivity index (χ0n) is 20.0. The fourth-order valence-electron chi connectivity index (χ4n) is 4.52. The van der Waals surface area contributed by atoms with Crippen molar-refractivity contribution in [3.8, 4) is 5.75 Å². The van der Waals surface area contributed by atoms with Crippen LogP contribution < -0.4 is 4.90 Å². The van der Waals surface area contributed by atoms with Gasteiger partial charge in [-0.2, -0.15) is 0 Å². The molecule has 0 spiro atoms. The first-order chi connectivity index (χ1) is 17.9. The molecule has 5 rings (SSSR count). The van der Waals surface area contributed by atoms with E-state index in [1.54, 1.807) is 30.5 Å². The van der Waals surface area contributed by atoms with Gasteiger partial charge in [0.15, 0.2) is 0 Å². The average Bonchev–Trinajstić information content (AvgIpc) is 3.46. The topological polar surface area (TPSA) is 120 Å². The molecule has 1 aliphatic rings. The van der Waals surface area contributed by atoms with Crippen LogP contribution in [-0.2, 0) is 14.3 Å². The highest BCUT2D eigenvalue weighted by Gasteiger charge is 2.47. The van der Waals surface area contributed by atoms with E-state index in [9.17, 15) is 24.6 Å². The molecule has 1 amide bonds. The van der Waals surface area contributed by atoms with Gasteiger partial charge in [0, 0.05) is 28.4 Å². The Hall–Kier alpha value is -4.85. The van der Waals surface area contributed by atoms with Crippen LogP contribution >= 0.6 is 0 Å². The number of Topliss-reactive ketones (excluding diaryl/α,β-unsaturated/α-hetero) is 1. The highest BCUT2D eigenvalue weighted by atomic mass is 16.5. The highest BCUT2D eigenvalue weighted by molar-refractivity contribution is 6.51. The van der Waals surface area contributed by atoms with Crippen LogP contribution in [0.2, 0.25) is 0 Å². The second kappa shape index (κ2) is 9.66. The number of hydrogen-bond acceptors (Lipinski definition) is 6. The molecule has 1 unspecified atom stereocenters. The monoisotopic (exact) mass is 496 g/mol. The molecule has 1 atom stereocenters. The fraction of sp³-hybridized carbons (Fsp3) is 0.138. The third-order valence-electron chi connectivity index (χ3n) is 6.32. The molecule has 3 N–H and O–H groups in total.